The SMILES string of the molecule is CC1CCCC(NS(=O)(=O)Cc2cccc(N)c2)C1. The van der Waals surface area contributed by atoms with Gasteiger partial charge in [-0.05, 0) is 36.5 Å². The van der Waals surface area contributed by atoms with E-state index in [1.807, 2.05) is 0 Å². The van der Waals surface area contributed by atoms with E-state index < -0.39 is 10.0 Å². The molecule has 2 rings (SSSR count). The molecule has 2 unspecified atom stereocenters. The van der Waals surface area contributed by atoms with Gasteiger partial charge in [0, 0.05) is 11.7 Å². The first kappa shape index (κ1) is 14.3. The Balaban J connectivity index is 1.98. The summed E-state index contributed by atoms with van der Waals surface area (Å²) >= 11 is 0. The Kier molecular flexibility index (Phi) is 4.47. The second kappa shape index (κ2) is 5.92. The standard InChI is InChI=1S/C14H22N2O2S/c1-11-4-2-7-14(8-11)16-19(17,18)10-12-5-3-6-13(15)9-12/h3,5-6,9,11,14,16H,2,4,7-8,10,15H2,1H3. The maximum Gasteiger partial charge on any atom is 0.216 e. The van der Waals surface area contributed by atoms with Crippen molar-refractivity contribution in [1.29, 1.82) is 0 Å². The topological polar surface area (TPSA) is 72.2 Å². The van der Waals surface area contributed by atoms with E-state index in [-0.39, 0.29) is 11.8 Å². The van der Waals surface area contributed by atoms with E-state index in [9.17, 15) is 8.42 Å². The van der Waals surface area contributed by atoms with Crippen molar-refractivity contribution in [3.63, 3.8) is 0 Å². The Morgan fingerprint density at radius 2 is 2.16 bits per heavy atom. The van der Waals surface area contributed by atoms with Crippen molar-refractivity contribution in [3.8, 4) is 0 Å². The summed E-state index contributed by atoms with van der Waals surface area (Å²) in [6.07, 6.45) is 4.19. The van der Waals surface area contributed by atoms with Crippen LogP contribution in [0.2, 0.25) is 0 Å². The second-order valence-corrected chi connectivity index (χ2v) is 7.34. The molecule has 3 N–H and O–H groups in total. The van der Waals surface area contributed by atoms with Crippen LogP contribution in [0.15, 0.2) is 24.3 Å². The van der Waals surface area contributed by atoms with Crippen LogP contribution >= 0.6 is 0 Å². The van der Waals surface area contributed by atoms with Crippen LogP contribution in [0.4, 0.5) is 5.69 Å². The number of nitrogen functional groups attached to an aromatic ring is 1. The molecule has 0 aromatic heterocycles. The predicted octanol–water partition coefficient (Wildman–Crippen LogP) is 2.27. The monoisotopic (exact) mass is 282 g/mol. The fourth-order valence-electron chi connectivity index (χ4n) is 2.74. The van der Waals surface area contributed by atoms with Crippen LogP contribution < -0.4 is 10.5 Å². The van der Waals surface area contributed by atoms with Crippen molar-refractivity contribution in [2.24, 2.45) is 5.92 Å². The molecule has 0 spiro atoms. The molecule has 1 aliphatic carbocycles. The van der Waals surface area contributed by atoms with Crippen molar-refractivity contribution in [3.05, 3.63) is 29.8 Å². The maximum absolute atomic E-state index is 12.1. The number of sulfonamides is 1. The first-order valence-corrected chi connectivity index (χ1v) is 8.44. The molecule has 4 nitrogen and oxygen atoms in total. The lowest BCUT2D eigenvalue weighted by Gasteiger charge is -2.27. The molecule has 1 fully saturated rings. The van der Waals surface area contributed by atoms with Crippen molar-refractivity contribution in [2.45, 2.75) is 44.4 Å². The van der Waals surface area contributed by atoms with E-state index in [4.69, 9.17) is 5.73 Å². The number of rotatable bonds is 4. The largest absolute Gasteiger partial charge is 0.399 e. The third kappa shape index (κ3) is 4.51. The molecule has 0 aliphatic heterocycles. The zero-order valence-electron chi connectivity index (χ0n) is 11.3. The lowest BCUT2D eigenvalue weighted by molar-refractivity contribution is 0.327. The average molecular weight is 282 g/mol. The van der Waals surface area contributed by atoms with E-state index in [1.54, 1.807) is 24.3 Å². The minimum atomic E-state index is -3.28. The Hall–Kier alpha value is -1.07. The summed E-state index contributed by atoms with van der Waals surface area (Å²) in [6.45, 7) is 2.18. The minimum absolute atomic E-state index is 0.00290. The Morgan fingerprint density at radius 1 is 1.37 bits per heavy atom. The molecule has 5 heteroatoms. The average Bonchev–Trinajstić information content (AvgIpc) is 2.27. The van der Waals surface area contributed by atoms with Crippen LogP contribution in [-0.4, -0.2) is 14.5 Å². The van der Waals surface area contributed by atoms with E-state index in [2.05, 4.69) is 11.6 Å². The van der Waals surface area contributed by atoms with Crippen molar-refractivity contribution < 1.29 is 8.42 Å². The minimum Gasteiger partial charge on any atom is -0.399 e. The van der Waals surface area contributed by atoms with Gasteiger partial charge in [0.25, 0.3) is 0 Å². The summed E-state index contributed by atoms with van der Waals surface area (Å²) in [5.41, 5.74) is 6.99. The van der Waals surface area contributed by atoms with Crippen molar-refractivity contribution >= 4 is 15.7 Å². The molecular formula is C14H22N2O2S. The first-order chi connectivity index (χ1) is 8.94. The third-order valence-corrected chi connectivity index (χ3v) is 5.00. The van der Waals surface area contributed by atoms with E-state index >= 15 is 0 Å². The van der Waals surface area contributed by atoms with E-state index in [0.29, 0.717) is 11.6 Å². The smallest absolute Gasteiger partial charge is 0.216 e. The molecule has 1 saturated carbocycles. The van der Waals surface area contributed by atoms with Crippen LogP contribution in [0.1, 0.15) is 38.2 Å². The molecular weight excluding hydrogens is 260 g/mol. The van der Waals surface area contributed by atoms with Gasteiger partial charge in [0.15, 0.2) is 0 Å². The molecule has 0 radical (unpaired) electrons. The van der Waals surface area contributed by atoms with Gasteiger partial charge in [0.1, 0.15) is 0 Å². The van der Waals surface area contributed by atoms with Crippen LogP contribution in [0.25, 0.3) is 0 Å². The predicted molar refractivity (Wildman–Crippen MR) is 78.0 cm³/mol. The summed E-state index contributed by atoms with van der Waals surface area (Å²) < 4.78 is 27.1. The Bertz CT molecular complexity index is 528. The fraction of sp³-hybridized carbons (Fsp3) is 0.571. The van der Waals surface area contributed by atoms with Crippen LogP contribution in [0.5, 0.6) is 0 Å². The molecule has 0 saturated heterocycles. The van der Waals surface area contributed by atoms with Crippen molar-refractivity contribution in [2.75, 3.05) is 5.73 Å². The van der Waals surface area contributed by atoms with Crippen LogP contribution in [0.3, 0.4) is 0 Å². The number of nitrogens with two attached hydrogens (primary N) is 1. The highest BCUT2D eigenvalue weighted by molar-refractivity contribution is 7.88. The number of benzene rings is 1. The van der Waals surface area contributed by atoms with Gasteiger partial charge in [-0.3, -0.25) is 0 Å². The summed E-state index contributed by atoms with van der Waals surface area (Å²) in [4.78, 5) is 0. The van der Waals surface area contributed by atoms with Gasteiger partial charge in [0.2, 0.25) is 10.0 Å². The van der Waals surface area contributed by atoms with Gasteiger partial charge in [-0.15, -0.1) is 0 Å². The van der Waals surface area contributed by atoms with Gasteiger partial charge in [-0.1, -0.05) is 31.9 Å². The molecule has 1 aromatic carbocycles. The van der Waals surface area contributed by atoms with E-state index in [0.717, 1.165) is 24.8 Å². The third-order valence-electron chi connectivity index (χ3n) is 3.59. The van der Waals surface area contributed by atoms with Crippen LogP contribution in [0, 0.1) is 5.92 Å². The second-order valence-electron chi connectivity index (χ2n) is 5.59. The lowest BCUT2D eigenvalue weighted by Crippen LogP contribution is -2.38. The zero-order chi connectivity index (χ0) is 13.9. The molecule has 1 aromatic rings. The van der Waals surface area contributed by atoms with E-state index in [1.165, 1.54) is 6.42 Å². The maximum atomic E-state index is 12.1. The summed E-state index contributed by atoms with van der Waals surface area (Å²) in [5.74, 6) is 0.608. The van der Waals surface area contributed by atoms with Gasteiger partial charge in [-0.2, -0.15) is 0 Å². The summed E-state index contributed by atoms with van der Waals surface area (Å²) in [7, 11) is -3.28. The summed E-state index contributed by atoms with van der Waals surface area (Å²) in [5, 5.41) is 0. The fourth-order valence-corrected chi connectivity index (χ4v) is 4.16. The van der Waals surface area contributed by atoms with Crippen molar-refractivity contribution in [1.82, 2.24) is 4.72 Å². The highest BCUT2D eigenvalue weighted by Gasteiger charge is 2.23. The molecule has 19 heavy (non-hydrogen) atoms. The lowest BCUT2D eigenvalue weighted by atomic mass is 9.88. The molecule has 106 valence electrons. The van der Waals surface area contributed by atoms with Gasteiger partial charge in [-0.25, -0.2) is 13.1 Å². The van der Waals surface area contributed by atoms with Gasteiger partial charge < -0.3 is 5.73 Å². The Morgan fingerprint density at radius 3 is 2.84 bits per heavy atom. The molecule has 1 aliphatic rings. The number of nitrogens with one attached hydrogen (secondary N) is 1. The molecule has 0 bridgehead atoms. The number of hydrogen-bond acceptors (Lipinski definition) is 3. The zero-order valence-corrected chi connectivity index (χ0v) is 12.1. The first-order valence-electron chi connectivity index (χ1n) is 6.79. The number of hydrogen-bond donors (Lipinski definition) is 2. The normalized spacial score (nSPS) is 24.3. The van der Waals surface area contributed by atoms with Gasteiger partial charge in [0.05, 0.1) is 5.75 Å². The molecule has 2 atom stereocenters. The van der Waals surface area contributed by atoms with Gasteiger partial charge >= 0.3 is 0 Å². The highest BCUT2D eigenvalue weighted by atomic mass is 32.2. The van der Waals surface area contributed by atoms with Crippen LogP contribution in [-0.2, 0) is 15.8 Å². The Labute approximate surface area is 115 Å². The molecule has 0 amide bonds. The highest BCUT2D eigenvalue weighted by Crippen LogP contribution is 2.24. The summed E-state index contributed by atoms with van der Waals surface area (Å²) in [6, 6.07) is 7.13. The number of anilines is 1. The quantitative estimate of drug-likeness (QED) is 0.832. The molecule has 0 heterocycles.